The summed E-state index contributed by atoms with van der Waals surface area (Å²) < 4.78 is 11.2. The maximum Gasteiger partial charge on any atom is 0.344 e. The third kappa shape index (κ3) is 3.72. The molecule has 1 aliphatic rings. The van der Waals surface area contributed by atoms with Crippen molar-refractivity contribution in [1.29, 1.82) is 0 Å². The molecule has 0 N–H and O–H groups in total. The maximum absolute atomic E-state index is 12.6. The Morgan fingerprint density at radius 1 is 1.07 bits per heavy atom. The molecule has 1 saturated carbocycles. The first-order valence-corrected chi connectivity index (χ1v) is 9.86. The van der Waals surface area contributed by atoms with Crippen molar-refractivity contribution < 1.29 is 13.9 Å². The molecule has 28 heavy (non-hydrogen) atoms. The van der Waals surface area contributed by atoms with E-state index >= 15 is 0 Å². The topological polar surface area (TPSA) is 56.5 Å². The van der Waals surface area contributed by atoms with Crippen molar-refractivity contribution in [1.82, 2.24) is 0 Å². The molecule has 0 aliphatic heterocycles. The minimum absolute atomic E-state index is 0.00349. The number of esters is 1. The summed E-state index contributed by atoms with van der Waals surface area (Å²) in [7, 11) is 0. The van der Waals surface area contributed by atoms with Gasteiger partial charge in [-0.05, 0) is 67.5 Å². The van der Waals surface area contributed by atoms with Gasteiger partial charge in [-0.1, -0.05) is 37.6 Å². The summed E-state index contributed by atoms with van der Waals surface area (Å²) in [6, 6.07) is 14.6. The smallest absolute Gasteiger partial charge is 0.344 e. The number of ether oxygens (including phenoxy) is 1. The number of carbonyl (C=O) groups is 1. The van der Waals surface area contributed by atoms with Gasteiger partial charge in [0.05, 0.1) is 11.1 Å². The predicted molar refractivity (Wildman–Crippen MR) is 109 cm³/mol. The first kappa shape index (κ1) is 18.5. The zero-order valence-corrected chi connectivity index (χ0v) is 16.2. The number of hydrogen-bond donors (Lipinski definition) is 0. The Kier molecular flexibility index (Phi) is 5.03. The number of carbonyl (C=O) groups excluding carboxylic acids is 1. The van der Waals surface area contributed by atoms with Crippen LogP contribution < -0.4 is 5.63 Å². The van der Waals surface area contributed by atoms with Crippen LogP contribution >= 0.6 is 0 Å². The third-order valence-corrected chi connectivity index (χ3v) is 5.56. The fourth-order valence-electron chi connectivity index (χ4n) is 4.05. The van der Waals surface area contributed by atoms with Gasteiger partial charge in [0.15, 0.2) is 0 Å². The van der Waals surface area contributed by atoms with Gasteiger partial charge in [-0.15, -0.1) is 0 Å². The summed E-state index contributed by atoms with van der Waals surface area (Å²) >= 11 is 0. The predicted octanol–water partition coefficient (Wildman–Crippen LogP) is 5.50. The fraction of sp³-hybridized carbons (Fsp3) is 0.333. The lowest BCUT2D eigenvalue weighted by molar-refractivity contribution is 0.0155. The van der Waals surface area contributed by atoms with Gasteiger partial charge in [0.25, 0.3) is 0 Å². The van der Waals surface area contributed by atoms with E-state index < -0.39 is 0 Å². The lowest BCUT2D eigenvalue weighted by Gasteiger charge is -2.26. The summed E-state index contributed by atoms with van der Waals surface area (Å²) in [5.41, 5.74) is 2.81. The Morgan fingerprint density at radius 2 is 1.89 bits per heavy atom. The lowest BCUT2D eigenvalue weighted by atomic mass is 9.88. The molecule has 144 valence electrons. The number of hydrogen-bond acceptors (Lipinski definition) is 4. The van der Waals surface area contributed by atoms with E-state index in [4.69, 9.17) is 9.15 Å². The van der Waals surface area contributed by atoms with E-state index in [0.717, 1.165) is 35.8 Å². The Hall–Kier alpha value is -2.88. The number of aryl methyl sites for hydroxylation is 1. The summed E-state index contributed by atoms with van der Waals surface area (Å²) in [5, 5.41) is 0.867. The van der Waals surface area contributed by atoms with Crippen LogP contribution in [0.1, 0.15) is 48.5 Å². The molecule has 1 heterocycles. The number of benzene rings is 2. The molecule has 2 atom stereocenters. The second-order valence-corrected chi connectivity index (χ2v) is 7.81. The third-order valence-electron chi connectivity index (χ3n) is 5.56. The van der Waals surface area contributed by atoms with Crippen molar-refractivity contribution in [2.45, 2.75) is 45.6 Å². The van der Waals surface area contributed by atoms with Crippen LogP contribution in [0.4, 0.5) is 0 Å². The summed E-state index contributed by atoms with van der Waals surface area (Å²) in [4.78, 5) is 25.0. The van der Waals surface area contributed by atoms with Crippen molar-refractivity contribution in [2.75, 3.05) is 0 Å². The highest BCUT2D eigenvalue weighted by atomic mass is 16.5. The van der Waals surface area contributed by atoms with Gasteiger partial charge in [-0.2, -0.15) is 0 Å². The number of fused-ring (bicyclic) bond motifs is 1. The van der Waals surface area contributed by atoms with Gasteiger partial charge in [0, 0.05) is 5.39 Å². The Labute approximate surface area is 164 Å². The molecule has 0 bridgehead atoms. The van der Waals surface area contributed by atoms with Crippen LogP contribution in [-0.4, -0.2) is 12.1 Å². The van der Waals surface area contributed by atoms with Crippen molar-refractivity contribution in [2.24, 2.45) is 5.92 Å². The highest BCUT2D eigenvalue weighted by Crippen LogP contribution is 2.28. The highest BCUT2D eigenvalue weighted by molar-refractivity contribution is 5.91. The maximum atomic E-state index is 12.6. The summed E-state index contributed by atoms with van der Waals surface area (Å²) in [6.07, 6.45) is 4.18. The van der Waals surface area contributed by atoms with Gasteiger partial charge in [0.1, 0.15) is 11.7 Å². The minimum atomic E-state index is -0.381. The molecule has 0 spiro atoms. The molecule has 0 saturated heterocycles. The first-order chi connectivity index (χ1) is 13.5. The van der Waals surface area contributed by atoms with Crippen molar-refractivity contribution in [3.05, 3.63) is 70.1 Å². The standard InChI is InChI=1S/C24H24O4/c1-15-6-5-8-19(12-15)27-23(25)18-10-11-20(16(2)13-18)21-14-17-7-3-4-9-22(17)28-24(21)26/h3-4,7,9-11,13-15,19H,5-6,8,12H2,1-2H3/t15-,19+/m1/s1. The van der Waals surface area contributed by atoms with Gasteiger partial charge >= 0.3 is 11.6 Å². The van der Waals surface area contributed by atoms with Crippen LogP contribution in [0.3, 0.4) is 0 Å². The zero-order chi connectivity index (χ0) is 19.7. The number of rotatable bonds is 3. The molecular weight excluding hydrogens is 352 g/mol. The second-order valence-electron chi connectivity index (χ2n) is 7.81. The van der Waals surface area contributed by atoms with Gasteiger partial charge in [-0.25, -0.2) is 9.59 Å². The lowest BCUT2D eigenvalue weighted by Crippen LogP contribution is -2.24. The average molecular weight is 376 g/mol. The van der Waals surface area contributed by atoms with E-state index in [1.807, 2.05) is 31.2 Å². The summed E-state index contributed by atoms with van der Waals surface area (Å²) in [5.74, 6) is 0.307. The average Bonchev–Trinajstić information content (AvgIpc) is 2.67. The monoisotopic (exact) mass is 376 g/mol. The summed E-state index contributed by atoms with van der Waals surface area (Å²) in [6.45, 7) is 4.09. The van der Waals surface area contributed by atoms with E-state index in [1.54, 1.807) is 24.3 Å². The van der Waals surface area contributed by atoms with Crippen molar-refractivity contribution in [3.63, 3.8) is 0 Å². The molecule has 4 heteroatoms. The van der Waals surface area contributed by atoms with Crippen LogP contribution in [0.2, 0.25) is 0 Å². The zero-order valence-electron chi connectivity index (χ0n) is 16.2. The Bertz CT molecular complexity index is 1080. The quantitative estimate of drug-likeness (QED) is 0.447. The van der Waals surface area contributed by atoms with E-state index in [9.17, 15) is 9.59 Å². The van der Waals surface area contributed by atoms with Gasteiger partial charge in [0.2, 0.25) is 0 Å². The molecule has 1 fully saturated rings. The molecule has 4 rings (SSSR count). The van der Waals surface area contributed by atoms with Crippen molar-refractivity contribution in [3.8, 4) is 11.1 Å². The highest BCUT2D eigenvalue weighted by Gasteiger charge is 2.23. The van der Waals surface area contributed by atoms with Crippen LogP contribution in [0, 0.1) is 12.8 Å². The van der Waals surface area contributed by atoms with Crippen LogP contribution in [-0.2, 0) is 4.74 Å². The minimum Gasteiger partial charge on any atom is -0.459 e. The van der Waals surface area contributed by atoms with Crippen molar-refractivity contribution >= 4 is 16.9 Å². The largest absolute Gasteiger partial charge is 0.459 e. The number of para-hydroxylation sites is 1. The van der Waals surface area contributed by atoms with Crippen LogP contribution in [0.25, 0.3) is 22.1 Å². The van der Waals surface area contributed by atoms with E-state index in [1.165, 1.54) is 6.42 Å². The van der Waals surface area contributed by atoms with Crippen LogP contribution in [0.15, 0.2) is 57.7 Å². The molecule has 1 aliphatic carbocycles. The Balaban J connectivity index is 1.60. The molecule has 1 aromatic heterocycles. The molecule has 0 radical (unpaired) electrons. The molecule has 2 aromatic carbocycles. The van der Waals surface area contributed by atoms with E-state index in [2.05, 4.69) is 6.92 Å². The van der Waals surface area contributed by atoms with E-state index in [0.29, 0.717) is 22.6 Å². The van der Waals surface area contributed by atoms with E-state index in [-0.39, 0.29) is 17.7 Å². The molecule has 3 aromatic rings. The van der Waals surface area contributed by atoms with Gasteiger partial charge < -0.3 is 9.15 Å². The molecule has 0 amide bonds. The first-order valence-electron chi connectivity index (χ1n) is 9.86. The Morgan fingerprint density at radius 3 is 2.68 bits per heavy atom. The SMILES string of the molecule is Cc1cc(C(=O)O[C@H]2CCC[C@@H](C)C2)ccc1-c1cc2ccccc2oc1=O. The molecular formula is C24H24O4. The molecule has 4 nitrogen and oxygen atoms in total. The molecule has 0 unspecified atom stereocenters. The fourth-order valence-corrected chi connectivity index (χ4v) is 4.05. The normalized spacial score (nSPS) is 19.5. The second kappa shape index (κ2) is 7.63. The van der Waals surface area contributed by atoms with Crippen LogP contribution in [0.5, 0.6) is 0 Å². The van der Waals surface area contributed by atoms with Gasteiger partial charge in [-0.3, -0.25) is 0 Å².